The van der Waals surface area contributed by atoms with Crippen LogP contribution in [-0.4, -0.2) is 12.6 Å². The van der Waals surface area contributed by atoms with Crippen LogP contribution in [0.5, 0.6) is 0 Å². The standard InChI is InChI=1S/C14H9ClO2S/c15-10-5-3-9(4-6-10)11-8-17-14(16)13(11)12-2-1-7-18-12/h1-7H,8H2. The molecule has 3 rings (SSSR count). The van der Waals surface area contributed by atoms with Crippen LogP contribution in [0.25, 0.3) is 11.1 Å². The molecule has 2 aromatic rings. The molecule has 90 valence electrons. The first kappa shape index (κ1) is 11.5. The number of benzene rings is 1. The Bertz CT molecular complexity index is 612. The lowest BCUT2D eigenvalue weighted by molar-refractivity contribution is -0.133. The van der Waals surface area contributed by atoms with Crippen molar-refractivity contribution >= 4 is 40.1 Å². The number of hydrogen-bond acceptors (Lipinski definition) is 3. The van der Waals surface area contributed by atoms with Gasteiger partial charge in [-0.1, -0.05) is 29.8 Å². The largest absolute Gasteiger partial charge is 0.457 e. The molecule has 0 fully saturated rings. The average Bonchev–Trinajstić information content (AvgIpc) is 2.99. The molecule has 2 heterocycles. The summed E-state index contributed by atoms with van der Waals surface area (Å²) in [7, 11) is 0. The Kier molecular flexibility index (Phi) is 2.94. The number of carbonyl (C=O) groups excluding carboxylic acids is 1. The Hall–Kier alpha value is -1.58. The van der Waals surface area contributed by atoms with E-state index in [-0.39, 0.29) is 5.97 Å². The predicted octanol–water partition coefficient (Wildman–Crippen LogP) is 3.87. The highest BCUT2D eigenvalue weighted by Gasteiger charge is 2.27. The maximum atomic E-state index is 11.8. The number of esters is 1. The monoisotopic (exact) mass is 276 g/mol. The minimum atomic E-state index is -0.248. The number of hydrogen-bond donors (Lipinski definition) is 0. The van der Waals surface area contributed by atoms with Crippen molar-refractivity contribution in [3.05, 3.63) is 57.2 Å². The van der Waals surface area contributed by atoms with Crippen LogP contribution in [0, 0.1) is 0 Å². The second-order valence-corrected chi connectivity index (χ2v) is 5.30. The van der Waals surface area contributed by atoms with Crippen molar-refractivity contribution in [2.45, 2.75) is 0 Å². The normalized spacial score (nSPS) is 15.1. The molecule has 0 spiro atoms. The van der Waals surface area contributed by atoms with Gasteiger partial charge in [0, 0.05) is 15.5 Å². The van der Waals surface area contributed by atoms with E-state index in [1.165, 1.54) is 0 Å². The van der Waals surface area contributed by atoms with E-state index < -0.39 is 0 Å². The topological polar surface area (TPSA) is 26.3 Å². The van der Waals surface area contributed by atoms with Gasteiger partial charge in [0.1, 0.15) is 6.61 Å². The van der Waals surface area contributed by atoms with Gasteiger partial charge in [-0.3, -0.25) is 0 Å². The molecule has 0 atom stereocenters. The van der Waals surface area contributed by atoms with Gasteiger partial charge in [0.25, 0.3) is 0 Å². The van der Waals surface area contributed by atoms with Crippen LogP contribution >= 0.6 is 22.9 Å². The summed E-state index contributed by atoms with van der Waals surface area (Å²) >= 11 is 7.41. The SMILES string of the molecule is O=C1OCC(c2ccc(Cl)cc2)=C1c1cccs1. The van der Waals surface area contributed by atoms with E-state index in [9.17, 15) is 4.79 Å². The number of thiophene rings is 1. The van der Waals surface area contributed by atoms with E-state index in [0.717, 1.165) is 16.0 Å². The third-order valence-electron chi connectivity index (χ3n) is 2.81. The van der Waals surface area contributed by atoms with Crippen molar-refractivity contribution in [1.82, 2.24) is 0 Å². The highest BCUT2D eigenvalue weighted by molar-refractivity contribution is 7.11. The fourth-order valence-electron chi connectivity index (χ4n) is 1.95. The van der Waals surface area contributed by atoms with Crippen LogP contribution in [0.2, 0.25) is 5.02 Å². The van der Waals surface area contributed by atoms with E-state index in [4.69, 9.17) is 16.3 Å². The Balaban J connectivity index is 2.13. The molecule has 0 saturated heterocycles. The number of cyclic esters (lactones) is 1. The molecule has 1 aromatic carbocycles. The zero-order chi connectivity index (χ0) is 12.5. The number of ether oxygens (including phenoxy) is 1. The van der Waals surface area contributed by atoms with Gasteiger partial charge in [0.05, 0.1) is 5.57 Å². The maximum Gasteiger partial charge on any atom is 0.340 e. The smallest absolute Gasteiger partial charge is 0.340 e. The lowest BCUT2D eigenvalue weighted by Gasteiger charge is -2.02. The maximum absolute atomic E-state index is 11.8. The van der Waals surface area contributed by atoms with E-state index >= 15 is 0 Å². The lowest BCUT2D eigenvalue weighted by Crippen LogP contribution is -1.96. The highest BCUT2D eigenvalue weighted by Crippen LogP contribution is 2.35. The van der Waals surface area contributed by atoms with Gasteiger partial charge < -0.3 is 4.74 Å². The third kappa shape index (κ3) is 1.96. The van der Waals surface area contributed by atoms with Gasteiger partial charge in [-0.15, -0.1) is 11.3 Å². The van der Waals surface area contributed by atoms with E-state index in [1.54, 1.807) is 11.3 Å². The fourth-order valence-corrected chi connectivity index (χ4v) is 2.87. The van der Waals surface area contributed by atoms with Crippen LogP contribution in [0.15, 0.2) is 41.8 Å². The summed E-state index contributed by atoms with van der Waals surface area (Å²) in [5.41, 5.74) is 2.58. The Morgan fingerprint density at radius 3 is 2.61 bits per heavy atom. The first-order valence-electron chi connectivity index (χ1n) is 5.46. The zero-order valence-electron chi connectivity index (χ0n) is 9.35. The zero-order valence-corrected chi connectivity index (χ0v) is 10.9. The van der Waals surface area contributed by atoms with E-state index in [1.807, 2.05) is 41.8 Å². The summed E-state index contributed by atoms with van der Waals surface area (Å²) < 4.78 is 5.15. The van der Waals surface area contributed by atoms with Crippen molar-refractivity contribution in [3.8, 4) is 0 Å². The molecule has 0 unspecified atom stereocenters. The molecular weight excluding hydrogens is 268 g/mol. The summed E-state index contributed by atoms with van der Waals surface area (Å²) in [6.45, 7) is 0.327. The molecule has 18 heavy (non-hydrogen) atoms. The van der Waals surface area contributed by atoms with Crippen LogP contribution < -0.4 is 0 Å². The Labute approximate surface area is 113 Å². The van der Waals surface area contributed by atoms with Gasteiger partial charge in [-0.25, -0.2) is 4.79 Å². The molecule has 1 aliphatic rings. The van der Waals surface area contributed by atoms with Gasteiger partial charge in [-0.2, -0.15) is 0 Å². The minimum Gasteiger partial charge on any atom is -0.457 e. The van der Waals surface area contributed by atoms with Crippen molar-refractivity contribution < 1.29 is 9.53 Å². The first-order valence-corrected chi connectivity index (χ1v) is 6.71. The van der Waals surface area contributed by atoms with Crippen LogP contribution in [0.1, 0.15) is 10.4 Å². The number of halogens is 1. The fraction of sp³-hybridized carbons (Fsp3) is 0.0714. The highest BCUT2D eigenvalue weighted by atomic mass is 35.5. The lowest BCUT2D eigenvalue weighted by atomic mass is 10.0. The quantitative estimate of drug-likeness (QED) is 0.779. The minimum absolute atomic E-state index is 0.248. The summed E-state index contributed by atoms with van der Waals surface area (Å²) in [5, 5.41) is 2.63. The van der Waals surface area contributed by atoms with Crippen molar-refractivity contribution in [3.63, 3.8) is 0 Å². The van der Waals surface area contributed by atoms with Crippen molar-refractivity contribution in [1.29, 1.82) is 0 Å². The van der Waals surface area contributed by atoms with Crippen LogP contribution in [-0.2, 0) is 9.53 Å². The first-order chi connectivity index (χ1) is 8.75. The second-order valence-electron chi connectivity index (χ2n) is 3.91. The van der Waals surface area contributed by atoms with E-state index in [2.05, 4.69) is 0 Å². The molecule has 4 heteroatoms. The molecule has 0 bridgehead atoms. The Morgan fingerprint density at radius 2 is 1.94 bits per heavy atom. The Morgan fingerprint density at radius 1 is 1.17 bits per heavy atom. The summed E-state index contributed by atoms with van der Waals surface area (Å²) in [6.07, 6.45) is 0. The molecule has 0 N–H and O–H groups in total. The summed E-state index contributed by atoms with van der Waals surface area (Å²) in [5.74, 6) is -0.248. The van der Waals surface area contributed by atoms with Crippen molar-refractivity contribution in [2.24, 2.45) is 0 Å². The molecule has 0 saturated carbocycles. The van der Waals surface area contributed by atoms with Crippen LogP contribution in [0.3, 0.4) is 0 Å². The molecular formula is C14H9ClO2S. The second kappa shape index (κ2) is 4.59. The average molecular weight is 277 g/mol. The summed E-state index contributed by atoms with van der Waals surface area (Å²) in [6, 6.07) is 11.3. The molecule has 0 amide bonds. The molecule has 2 nitrogen and oxygen atoms in total. The van der Waals surface area contributed by atoms with Gasteiger partial charge >= 0.3 is 5.97 Å². The third-order valence-corrected chi connectivity index (χ3v) is 3.95. The van der Waals surface area contributed by atoms with Gasteiger partial charge in [0.2, 0.25) is 0 Å². The molecule has 1 aliphatic heterocycles. The predicted molar refractivity (Wildman–Crippen MR) is 73.5 cm³/mol. The molecule has 1 aromatic heterocycles. The summed E-state index contributed by atoms with van der Waals surface area (Å²) in [4.78, 5) is 12.8. The molecule has 0 radical (unpaired) electrons. The van der Waals surface area contributed by atoms with Crippen molar-refractivity contribution in [2.75, 3.05) is 6.61 Å². The molecule has 0 aliphatic carbocycles. The van der Waals surface area contributed by atoms with Gasteiger partial charge in [-0.05, 0) is 29.1 Å². The van der Waals surface area contributed by atoms with Crippen LogP contribution in [0.4, 0.5) is 0 Å². The van der Waals surface area contributed by atoms with E-state index in [0.29, 0.717) is 17.2 Å². The van der Waals surface area contributed by atoms with Gasteiger partial charge in [0.15, 0.2) is 0 Å². The number of rotatable bonds is 2. The number of carbonyl (C=O) groups is 1.